The highest BCUT2D eigenvalue weighted by atomic mass is 32.2. The molecule has 0 spiro atoms. The Labute approximate surface area is 116 Å². The number of rotatable bonds is 8. The van der Waals surface area contributed by atoms with Crippen molar-refractivity contribution in [3.63, 3.8) is 0 Å². The molecule has 0 heterocycles. The van der Waals surface area contributed by atoms with Crippen LogP contribution in [0.15, 0.2) is 29.2 Å². The van der Waals surface area contributed by atoms with E-state index >= 15 is 0 Å². The van der Waals surface area contributed by atoms with Crippen LogP contribution in [-0.4, -0.2) is 31.4 Å². The fourth-order valence-corrected chi connectivity index (χ4v) is 2.30. The summed E-state index contributed by atoms with van der Waals surface area (Å²) in [6.07, 6.45) is 1.09. The van der Waals surface area contributed by atoms with Gasteiger partial charge in [0.1, 0.15) is 0 Å². The maximum absolute atomic E-state index is 3.50. The van der Waals surface area contributed by atoms with E-state index in [9.17, 15) is 0 Å². The minimum absolute atomic E-state index is 0.168. The molecular formula is C15H26N2S. The number of thioether (sulfide) groups is 1. The Balaban J connectivity index is 2.27. The van der Waals surface area contributed by atoms with Gasteiger partial charge in [-0.25, -0.2) is 0 Å². The molecule has 0 aliphatic carbocycles. The second-order valence-electron chi connectivity index (χ2n) is 5.14. The number of nitrogens with one attached hydrogen (secondary N) is 2. The topological polar surface area (TPSA) is 24.1 Å². The van der Waals surface area contributed by atoms with Crippen molar-refractivity contribution in [2.75, 3.05) is 25.9 Å². The summed E-state index contributed by atoms with van der Waals surface area (Å²) in [6.45, 7) is 8.62. The first-order valence-corrected chi connectivity index (χ1v) is 7.67. The van der Waals surface area contributed by atoms with E-state index in [1.165, 1.54) is 10.5 Å². The SMILES string of the molecule is CCSc1ccc(CCNCC(C)(C)NC)cc1. The Kier molecular flexibility index (Phi) is 6.76. The third-order valence-corrected chi connectivity index (χ3v) is 3.96. The number of hydrogen-bond donors (Lipinski definition) is 2. The molecular weight excluding hydrogens is 240 g/mol. The molecule has 2 nitrogen and oxygen atoms in total. The fourth-order valence-electron chi connectivity index (χ4n) is 1.64. The predicted octanol–water partition coefficient (Wildman–Crippen LogP) is 2.93. The van der Waals surface area contributed by atoms with Crippen LogP contribution in [0.4, 0.5) is 0 Å². The van der Waals surface area contributed by atoms with Crippen molar-refractivity contribution in [1.29, 1.82) is 0 Å². The number of benzene rings is 1. The van der Waals surface area contributed by atoms with Gasteiger partial charge in [0.2, 0.25) is 0 Å². The van der Waals surface area contributed by atoms with Crippen LogP contribution < -0.4 is 10.6 Å². The average molecular weight is 266 g/mol. The highest BCUT2D eigenvalue weighted by Gasteiger charge is 2.12. The molecule has 0 atom stereocenters. The second kappa shape index (κ2) is 7.82. The molecule has 3 heteroatoms. The first-order chi connectivity index (χ1) is 8.57. The van der Waals surface area contributed by atoms with E-state index < -0.39 is 0 Å². The molecule has 0 saturated carbocycles. The van der Waals surface area contributed by atoms with Crippen LogP contribution in [0, 0.1) is 0 Å². The lowest BCUT2D eigenvalue weighted by molar-refractivity contribution is 0.395. The van der Waals surface area contributed by atoms with Gasteiger partial charge in [0.05, 0.1) is 0 Å². The zero-order valence-corrected chi connectivity index (χ0v) is 12.9. The van der Waals surface area contributed by atoms with E-state index in [0.29, 0.717) is 0 Å². The molecule has 2 N–H and O–H groups in total. The summed E-state index contributed by atoms with van der Waals surface area (Å²) in [5, 5.41) is 6.79. The molecule has 0 aromatic heterocycles. The van der Waals surface area contributed by atoms with Crippen LogP contribution >= 0.6 is 11.8 Å². The predicted molar refractivity (Wildman–Crippen MR) is 82.6 cm³/mol. The van der Waals surface area contributed by atoms with Gasteiger partial charge in [0.25, 0.3) is 0 Å². The summed E-state index contributed by atoms with van der Waals surface area (Å²) in [7, 11) is 2.01. The van der Waals surface area contributed by atoms with Gasteiger partial charge in [-0.05, 0) is 57.3 Å². The molecule has 0 aliphatic heterocycles. The van der Waals surface area contributed by atoms with Crippen LogP contribution in [0.25, 0.3) is 0 Å². The molecule has 18 heavy (non-hydrogen) atoms. The third-order valence-electron chi connectivity index (χ3n) is 3.07. The quantitative estimate of drug-likeness (QED) is 0.559. The third kappa shape index (κ3) is 5.89. The lowest BCUT2D eigenvalue weighted by Crippen LogP contribution is -2.46. The molecule has 0 fully saturated rings. The largest absolute Gasteiger partial charge is 0.315 e. The number of hydrogen-bond acceptors (Lipinski definition) is 3. The van der Waals surface area contributed by atoms with Gasteiger partial charge in [-0.15, -0.1) is 11.8 Å². The summed E-state index contributed by atoms with van der Waals surface area (Å²) in [5.41, 5.74) is 1.58. The highest BCUT2D eigenvalue weighted by Crippen LogP contribution is 2.17. The zero-order valence-electron chi connectivity index (χ0n) is 12.0. The van der Waals surface area contributed by atoms with E-state index in [0.717, 1.165) is 25.3 Å². The molecule has 1 aromatic rings. The minimum atomic E-state index is 0.168. The summed E-state index contributed by atoms with van der Waals surface area (Å²) in [4.78, 5) is 1.37. The van der Waals surface area contributed by atoms with Crippen molar-refractivity contribution in [3.05, 3.63) is 29.8 Å². The van der Waals surface area contributed by atoms with Gasteiger partial charge in [0, 0.05) is 17.0 Å². The maximum Gasteiger partial charge on any atom is 0.0246 e. The van der Waals surface area contributed by atoms with E-state index in [-0.39, 0.29) is 5.54 Å². The van der Waals surface area contributed by atoms with E-state index in [1.54, 1.807) is 0 Å². The fraction of sp³-hybridized carbons (Fsp3) is 0.600. The molecule has 1 rings (SSSR count). The Hall–Kier alpha value is -0.510. The van der Waals surface area contributed by atoms with Crippen LogP contribution in [-0.2, 0) is 6.42 Å². The van der Waals surface area contributed by atoms with Crippen molar-refractivity contribution in [3.8, 4) is 0 Å². The van der Waals surface area contributed by atoms with Crippen LogP contribution in [0.5, 0.6) is 0 Å². The first kappa shape index (κ1) is 15.5. The summed E-state index contributed by atoms with van der Waals surface area (Å²) in [6, 6.07) is 8.92. The van der Waals surface area contributed by atoms with Gasteiger partial charge in [-0.1, -0.05) is 19.1 Å². The molecule has 0 aliphatic rings. The molecule has 0 radical (unpaired) electrons. The van der Waals surface area contributed by atoms with Gasteiger partial charge < -0.3 is 10.6 Å². The highest BCUT2D eigenvalue weighted by molar-refractivity contribution is 7.99. The van der Waals surface area contributed by atoms with Crippen molar-refractivity contribution in [2.24, 2.45) is 0 Å². The normalized spacial score (nSPS) is 11.8. The monoisotopic (exact) mass is 266 g/mol. The molecule has 0 bridgehead atoms. The van der Waals surface area contributed by atoms with E-state index in [4.69, 9.17) is 0 Å². The van der Waals surface area contributed by atoms with Crippen molar-refractivity contribution in [2.45, 2.75) is 37.6 Å². The number of likely N-dealkylation sites (N-methyl/N-ethyl adjacent to an activating group) is 1. The standard InChI is InChI=1S/C15H26N2S/c1-5-18-14-8-6-13(7-9-14)10-11-17-12-15(2,3)16-4/h6-9,16-17H,5,10-12H2,1-4H3. The second-order valence-corrected chi connectivity index (χ2v) is 6.48. The molecule has 0 amide bonds. The smallest absolute Gasteiger partial charge is 0.0246 e. The maximum atomic E-state index is 3.50. The molecule has 0 saturated heterocycles. The molecule has 102 valence electrons. The van der Waals surface area contributed by atoms with Crippen molar-refractivity contribution < 1.29 is 0 Å². The summed E-state index contributed by atoms with van der Waals surface area (Å²) in [5.74, 6) is 1.14. The van der Waals surface area contributed by atoms with E-state index in [1.807, 2.05) is 18.8 Å². The Morgan fingerprint density at radius 3 is 2.39 bits per heavy atom. The zero-order chi connectivity index (χ0) is 13.4. The summed E-state index contributed by atoms with van der Waals surface area (Å²) >= 11 is 1.89. The molecule has 0 unspecified atom stereocenters. The van der Waals surface area contributed by atoms with Crippen molar-refractivity contribution in [1.82, 2.24) is 10.6 Å². The van der Waals surface area contributed by atoms with Crippen LogP contribution in [0.1, 0.15) is 26.3 Å². The van der Waals surface area contributed by atoms with Crippen molar-refractivity contribution >= 4 is 11.8 Å². The summed E-state index contributed by atoms with van der Waals surface area (Å²) < 4.78 is 0. The van der Waals surface area contributed by atoms with Gasteiger partial charge >= 0.3 is 0 Å². The first-order valence-electron chi connectivity index (χ1n) is 6.69. The molecule has 1 aromatic carbocycles. The Bertz CT molecular complexity index is 333. The van der Waals surface area contributed by atoms with Gasteiger partial charge in [0.15, 0.2) is 0 Å². The van der Waals surface area contributed by atoms with Crippen LogP contribution in [0.3, 0.4) is 0 Å². The lowest BCUT2D eigenvalue weighted by atomic mass is 10.1. The Morgan fingerprint density at radius 1 is 1.17 bits per heavy atom. The van der Waals surface area contributed by atoms with Gasteiger partial charge in [-0.2, -0.15) is 0 Å². The Morgan fingerprint density at radius 2 is 1.83 bits per heavy atom. The average Bonchev–Trinajstić information content (AvgIpc) is 2.37. The van der Waals surface area contributed by atoms with E-state index in [2.05, 4.69) is 55.7 Å². The minimum Gasteiger partial charge on any atom is -0.315 e. The van der Waals surface area contributed by atoms with Crippen LogP contribution in [0.2, 0.25) is 0 Å². The lowest BCUT2D eigenvalue weighted by Gasteiger charge is -2.24. The van der Waals surface area contributed by atoms with Gasteiger partial charge in [-0.3, -0.25) is 0 Å².